The van der Waals surface area contributed by atoms with Crippen molar-refractivity contribution in [2.45, 2.75) is 6.42 Å². The van der Waals surface area contributed by atoms with Gasteiger partial charge in [0.25, 0.3) is 0 Å². The first-order valence-electron chi connectivity index (χ1n) is 2.26. The molecule has 7 heavy (non-hydrogen) atoms. The Hall–Kier alpha value is -0.180. The van der Waals surface area contributed by atoms with Crippen LogP contribution in [0.1, 0.15) is 6.42 Å². The first-order valence-corrected chi connectivity index (χ1v) is 2.70. The smallest absolute Gasteiger partial charge is 0.242 e. The van der Waals surface area contributed by atoms with Gasteiger partial charge >= 0.3 is 0 Å². The zero-order valence-electron chi connectivity index (χ0n) is 3.92. The van der Waals surface area contributed by atoms with Crippen molar-refractivity contribution in [3.05, 3.63) is 0 Å². The van der Waals surface area contributed by atoms with Crippen molar-refractivity contribution >= 4 is 17.9 Å². The van der Waals surface area contributed by atoms with Gasteiger partial charge < -0.3 is 4.74 Å². The third kappa shape index (κ3) is 1.39. The summed E-state index contributed by atoms with van der Waals surface area (Å²) in [5.74, 6) is 0. The summed E-state index contributed by atoms with van der Waals surface area (Å²) in [7, 11) is 0. The van der Waals surface area contributed by atoms with Crippen LogP contribution >= 0.6 is 12.6 Å². The Morgan fingerprint density at radius 2 is 2.57 bits per heavy atom. The minimum Gasteiger partial charge on any atom is -0.473 e. The molecule has 0 aromatic carbocycles. The lowest BCUT2D eigenvalue weighted by atomic mass is 10.4. The average molecular weight is 117 g/mol. The summed E-state index contributed by atoms with van der Waals surface area (Å²) in [6.45, 7) is 1.65. The quantitative estimate of drug-likeness (QED) is 0.463. The summed E-state index contributed by atoms with van der Waals surface area (Å²) >= 11 is 3.89. The SMILES string of the molecule is SC1=NCCCO1. The van der Waals surface area contributed by atoms with Crippen LogP contribution in [-0.4, -0.2) is 18.4 Å². The molecule has 0 aromatic heterocycles. The second-order valence-electron chi connectivity index (χ2n) is 1.37. The van der Waals surface area contributed by atoms with E-state index in [-0.39, 0.29) is 0 Å². The normalized spacial score (nSPS) is 20.4. The van der Waals surface area contributed by atoms with Gasteiger partial charge in [0.2, 0.25) is 5.23 Å². The van der Waals surface area contributed by atoms with Crippen LogP contribution in [0.3, 0.4) is 0 Å². The van der Waals surface area contributed by atoms with Crippen LogP contribution in [0, 0.1) is 0 Å². The van der Waals surface area contributed by atoms with Crippen LogP contribution < -0.4 is 0 Å². The zero-order valence-corrected chi connectivity index (χ0v) is 4.82. The number of ether oxygens (including phenoxy) is 1. The van der Waals surface area contributed by atoms with Crippen molar-refractivity contribution in [1.82, 2.24) is 0 Å². The van der Waals surface area contributed by atoms with Crippen molar-refractivity contribution in [2.75, 3.05) is 13.2 Å². The molecule has 2 nitrogen and oxygen atoms in total. The molecule has 40 valence electrons. The summed E-state index contributed by atoms with van der Waals surface area (Å²) in [5, 5.41) is 0.534. The first kappa shape index (κ1) is 4.97. The van der Waals surface area contributed by atoms with Gasteiger partial charge in [-0.1, -0.05) is 12.6 Å². The fourth-order valence-corrected chi connectivity index (χ4v) is 0.640. The number of rotatable bonds is 0. The van der Waals surface area contributed by atoms with E-state index in [0.29, 0.717) is 5.23 Å². The monoisotopic (exact) mass is 117 g/mol. The molecule has 1 heterocycles. The van der Waals surface area contributed by atoms with Gasteiger partial charge in [0.1, 0.15) is 0 Å². The highest BCUT2D eigenvalue weighted by Gasteiger charge is 1.97. The Morgan fingerprint density at radius 3 is 2.86 bits per heavy atom. The van der Waals surface area contributed by atoms with Gasteiger partial charge in [0.05, 0.1) is 6.61 Å². The molecule has 0 aliphatic carbocycles. The third-order valence-electron chi connectivity index (χ3n) is 0.781. The molecule has 0 amide bonds. The third-order valence-corrected chi connectivity index (χ3v) is 1.05. The van der Waals surface area contributed by atoms with Gasteiger partial charge in [-0.2, -0.15) is 0 Å². The standard InChI is InChI=1S/C4H7NOS/c7-4-5-2-1-3-6-4/h1-3H2,(H,5,7). The Balaban J connectivity index is 2.40. The molecule has 0 radical (unpaired) electrons. The minimum atomic E-state index is 0.534. The minimum absolute atomic E-state index is 0.534. The Labute approximate surface area is 48.0 Å². The molecule has 0 bridgehead atoms. The summed E-state index contributed by atoms with van der Waals surface area (Å²) in [6, 6.07) is 0. The molecule has 1 rings (SSSR count). The zero-order chi connectivity index (χ0) is 5.11. The van der Waals surface area contributed by atoms with Crippen LogP contribution in [0.25, 0.3) is 0 Å². The highest BCUT2D eigenvalue weighted by Crippen LogP contribution is 1.97. The number of hydrogen-bond acceptors (Lipinski definition) is 2. The molecule has 0 unspecified atom stereocenters. The van der Waals surface area contributed by atoms with Crippen LogP contribution in [0.2, 0.25) is 0 Å². The van der Waals surface area contributed by atoms with E-state index in [4.69, 9.17) is 4.74 Å². The van der Waals surface area contributed by atoms with Crippen molar-refractivity contribution in [2.24, 2.45) is 4.99 Å². The fourth-order valence-electron chi connectivity index (χ4n) is 0.448. The molecule has 0 atom stereocenters. The van der Waals surface area contributed by atoms with E-state index in [0.717, 1.165) is 19.6 Å². The van der Waals surface area contributed by atoms with Crippen molar-refractivity contribution in [1.29, 1.82) is 0 Å². The predicted octanol–water partition coefficient (Wildman–Crippen LogP) is 0.692. The van der Waals surface area contributed by atoms with Gasteiger partial charge in [-0.05, 0) is 0 Å². The lowest BCUT2D eigenvalue weighted by Crippen LogP contribution is -2.07. The van der Waals surface area contributed by atoms with E-state index < -0.39 is 0 Å². The van der Waals surface area contributed by atoms with Gasteiger partial charge in [0, 0.05) is 13.0 Å². The fraction of sp³-hybridized carbons (Fsp3) is 0.750. The average Bonchev–Trinajstić information content (AvgIpc) is 1.69. The van der Waals surface area contributed by atoms with Gasteiger partial charge in [0.15, 0.2) is 0 Å². The maximum atomic E-state index is 4.89. The largest absolute Gasteiger partial charge is 0.473 e. The van der Waals surface area contributed by atoms with Crippen LogP contribution in [0.5, 0.6) is 0 Å². The Morgan fingerprint density at radius 1 is 1.71 bits per heavy atom. The first-order chi connectivity index (χ1) is 3.39. The molecular weight excluding hydrogens is 110 g/mol. The number of nitrogens with zero attached hydrogens (tertiary/aromatic N) is 1. The van der Waals surface area contributed by atoms with E-state index in [1.54, 1.807) is 0 Å². The Bertz CT molecular complexity index is 91.7. The molecule has 3 heteroatoms. The second-order valence-corrected chi connectivity index (χ2v) is 1.75. The lowest BCUT2D eigenvalue weighted by molar-refractivity contribution is 0.293. The predicted molar refractivity (Wildman–Crippen MR) is 31.9 cm³/mol. The molecule has 1 aliphatic rings. The second kappa shape index (κ2) is 2.21. The van der Waals surface area contributed by atoms with E-state index in [1.165, 1.54) is 0 Å². The highest BCUT2D eigenvalue weighted by molar-refractivity contribution is 7.96. The summed E-state index contributed by atoms with van der Waals surface area (Å²) < 4.78 is 4.89. The Kier molecular flexibility index (Phi) is 1.57. The maximum Gasteiger partial charge on any atom is 0.242 e. The van der Waals surface area contributed by atoms with Crippen molar-refractivity contribution in [3.8, 4) is 0 Å². The van der Waals surface area contributed by atoms with E-state index >= 15 is 0 Å². The number of thiol groups is 1. The number of hydrogen-bond donors (Lipinski definition) is 1. The molecule has 0 aromatic rings. The van der Waals surface area contributed by atoms with Gasteiger partial charge in [-0.3, -0.25) is 0 Å². The summed E-state index contributed by atoms with van der Waals surface area (Å²) in [5.41, 5.74) is 0. The molecule has 0 fully saturated rings. The topological polar surface area (TPSA) is 21.6 Å². The number of aliphatic imine (C=N–C) groups is 1. The molecule has 0 spiro atoms. The van der Waals surface area contributed by atoms with Crippen LogP contribution in [0.15, 0.2) is 4.99 Å². The molecule has 0 saturated heterocycles. The van der Waals surface area contributed by atoms with Crippen molar-refractivity contribution in [3.63, 3.8) is 0 Å². The van der Waals surface area contributed by atoms with Crippen LogP contribution in [0.4, 0.5) is 0 Å². The molecule has 0 N–H and O–H groups in total. The highest BCUT2D eigenvalue weighted by atomic mass is 32.1. The van der Waals surface area contributed by atoms with E-state index in [9.17, 15) is 0 Å². The lowest BCUT2D eigenvalue weighted by Gasteiger charge is -2.07. The van der Waals surface area contributed by atoms with E-state index in [2.05, 4.69) is 17.6 Å². The van der Waals surface area contributed by atoms with Gasteiger partial charge in [-0.25, -0.2) is 4.99 Å². The molecule has 0 saturated carbocycles. The summed E-state index contributed by atoms with van der Waals surface area (Å²) in [6.07, 6.45) is 1.03. The van der Waals surface area contributed by atoms with Crippen LogP contribution in [-0.2, 0) is 4.74 Å². The van der Waals surface area contributed by atoms with E-state index in [1.807, 2.05) is 0 Å². The van der Waals surface area contributed by atoms with Crippen molar-refractivity contribution < 1.29 is 4.74 Å². The molecule has 1 aliphatic heterocycles. The van der Waals surface area contributed by atoms with Gasteiger partial charge in [-0.15, -0.1) is 0 Å². The summed E-state index contributed by atoms with van der Waals surface area (Å²) in [4.78, 5) is 3.89. The maximum absolute atomic E-state index is 4.89. The molecular formula is C4H7NOS.